The normalized spacial score (nSPS) is 15.1. The van der Waals surface area contributed by atoms with Crippen LogP contribution in [0.3, 0.4) is 0 Å². The van der Waals surface area contributed by atoms with Crippen LogP contribution >= 0.6 is 0 Å². The van der Waals surface area contributed by atoms with Gasteiger partial charge in [0.05, 0.1) is 23.9 Å². The number of allylic oxidation sites excluding steroid dienone is 1. The van der Waals surface area contributed by atoms with Gasteiger partial charge in [-0.25, -0.2) is 8.78 Å². The van der Waals surface area contributed by atoms with E-state index in [0.717, 1.165) is 17.0 Å². The Morgan fingerprint density at radius 3 is 2.50 bits per heavy atom. The molecule has 1 heterocycles. The molecule has 0 aliphatic carbocycles. The summed E-state index contributed by atoms with van der Waals surface area (Å²) in [6.45, 7) is 2.66. The van der Waals surface area contributed by atoms with Gasteiger partial charge in [-0.15, -0.1) is 6.42 Å². The number of aliphatic hydroxyl groups is 2. The summed E-state index contributed by atoms with van der Waals surface area (Å²) in [5.74, 6) is -0.133. The average molecular weight is 549 g/mol. The molecule has 4 rings (SSSR count). The van der Waals surface area contributed by atoms with Crippen LogP contribution in [0.5, 0.6) is 11.5 Å². The maximum absolute atomic E-state index is 15.9. The molecule has 4 N–H and O–H groups in total. The number of carbonyl (C=O) groups is 1. The fraction of sp³-hybridized carbons (Fsp3) is 0.258. The smallest absolute Gasteiger partial charge is 0.262 e. The lowest BCUT2D eigenvalue weighted by Crippen LogP contribution is -2.37. The van der Waals surface area contributed by atoms with Crippen molar-refractivity contribution < 1.29 is 33.6 Å². The number of anilines is 2. The van der Waals surface area contributed by atoms with Gasteiger partial charge in [0.15, 0.2) is 0 Å². The van der Waals surface area contributed by atoms with Gasteiger partial charge in [0.2, 0.25) is 0 Å². The molecule has 3 aromatic rings. The minimum atomic E-state index is -1.28. The third-order valence-corrected chi connectivity index (χ3v) is 6.70. The number of aliphatic hydroxyl groups excluding tert-OH is 2. The summed E-state index contributed by atoms with van der Waals surface area (Å²) in [5.41, 5.74) is -0.199. The number of aromatic hydroxyl groups is 1. The van der Waals surface area contributed by atoms with Crippen LogP contribution in [0.2, 0.25) is 0 Å². The zero-order valence-electron chi connectivity index (χ0n) is 22.1. The number of hydrogen-bond acceptors (Lipinski definition) is 6. The van der Waals surface area contributed by atoms with Crippen molar-refractivity contribution in [2.24, 2.45) is 5.41 Å². The summed E-state index contributed by atoms with van der Waals surface area (Å²) < 4.78 is 36.1. The first kappa shape index (κ1) is 28.6. The van der Waals surface area contributed by atoms with Gasteiger partial charge in [-0.2, -0.15) is 0 Å². The minimum Gasteiger partial charge on any atom is -0.506 e. The van der Waals surface area contributed by atoms with Crippen LogP contribution in [0.25, 0.3) is 0 Å². The van der Waals surface area contributed by atoms with Crippen molar-refractivity contribution in [3.8, 4) is 23.8 Å². The molecule has 0 spiro atoms. The predicted molar refractivity (Wildman–Crippen MR) is 148 cm³/mol. The maximum atomic E-state index is 15.9. The second kappa shape index (κ2) is 11.8. The Morgan fingerprint density at radius 1 is 1.10 bits per heavy atom. The van der Waals surface area contributed by atoms with Gasteiger partial charge in [0, 0.05) is 29.5 Å². The zero-order valence-corrected chi connectivity index (χ0v) is 22.1. The predicted octanol–water partition coefficient (Wildman–Crippen LogP) is 5.15. The molecule has 0 saturated carbocycles. The van der Waals surface area contributed by atoms with Crippen molar-refractivity contribution in [2.75, 3.05) is 30.0 Å². The summed E-state index contributed by atoms with van der Waals surface area (Å²) in [4.78, 5) is 15.3. The molecular weight excluding hydrogens is 518 g/mol. The van der Waals surface area contributed by atoms with Crippen LogP contribution in [0.1, 0.15) is 42.2 Å². The summed E-state index contributed by atoms with van der Waals surface area (Å²) in [7, 11) is 0. The molecule has 1 amide bonds. The molecule has 0 aromatic heterocycles. The number of rotatable bonds is 8. The van der Waals surface area contributed by atoms with Crippen molar-refractivity contribution in [3.05, 3.63) is 94.7 Å². The third-order valence-electron chi connectivity index (χ3n) is 6.70. The molecule has 40 heavy (non-hydrogen) atoms. The van der Waals surface area contributed by atoms with Crippen molar-refractivity contribution >= 4 is 17.3 Å². The number of hydrogen-bond donors (Lipinski definition) is 4. The van der Waals surface area contributed by atoms with Gasteiger partial charge in [-0.1, -0.05) is 38.0 Å². The summed E-state index contributed by atoms with van der Waals surface area (Å²) in [5, 5.41) is 34.7. The number of phenols is 1. The Labute approximate surface area is 231 Å². The van der Waals surface area contributed by atoms with Crippen LogP contribution in [-0.4, -0.2) is 41.0 Å². The fourth-order valence-electron chi connectivity index (χ4n) is 4.68. The van der Waals surface area contributed by atoms with E-state index in [9.17, 15) is 24.5 Å². The molecule has 1 aliphatic heterocycles. The average Bonchev–Trinajstić information content (AvgIpc) is 3.06. The second-order valence-corrected chi connectivity index (χ2v) is 10.2. The Balaban J connectivity index is 2.04. The van der Waals surface area contributed by atoms with Gasteiger partial charge in [0.25, 0.3) is 5.91 Å². The number of benzene rings is 3. The topological polar surface area (TPSA) is 102 Å². The van der Waals surface area contributed by atoms with Crippen molar-refractivity contribution in [1.29, 1.82) is 0 Å². The van der Waals surface area contributed by atoms with Crippen LogP contribution in [0.4, 0.5) is 20.2 Å². The second-order valence-electron chi connectivity index (χ2n) is 10.2. The highest BCUT2D eigenvalue weighted by Gasteiger charge is 2.39. The third kappa shape index (κ3) is 5.64. The lowest BCUT2D eigenvalue weighted by Gasteiger charge is -2.34. The Hall–Kier alpha value is -4.39. The van der Waals surface area contributed by atoms with Crippen LogP contribution in [0.15, 0.2) is 71.9 Å². The van der Waals surface area contributed by atoms with Gasteiger partial charge >= 0.3 is 0 Å². The number of nitrogens with zero attached hydrogens (tertiary/aromatic N) is 1. The molecule has 9 heteroatoms. The molecular formula is C31H30F2N2O5. The van der Waals surface area contributed by atoms with Crippen molar-refractivity contribution in [3.63, 3.8) is 0 Å². The lowest BCUT2D eigenvalue weighted by atomic mass is 9.85. The molecule has 1 atom stereocenters. The Kier molecular flexibility index (Phi) is 8.43. The summed E-state index contributed by atoms with van der Waals surface area (Å²) >= 11 is 0. The van der Waals surface area contributed by atoms with Gasteiger partial charge in [0.1, 0.15) is 35.4 Å². The molecule has 0 radical (unpaired) electrons. The monoisotopic (exact) mass is 548 g/mol. The number of terminal acetylenes is 1. The molecule has 0 fully saturated rings. The Bertz CT molecular complexity index is 1500. The number of ether oxygens (including phenoxy) is 1. The number of phenolic OH excluding ortho intramolecular Hbond substituents is 1. The highest BCUT2D eigenvalue weighted by Crippen LogP contribution is 2.48. The molecule has 7 nitrogen and oxygen atoms in total. The van der Waals surface area contributed by atoms with Gasteiger partial charge in [-0.05, 0) is 48.2 Å². The first-order valence-electron chi connectivity index (χ1n) is 12.6. The standard InChI is InChI=1S/C31H30F2N2O5/c1-4-14-40-19-12-13-20(24(33)15-19)29-22(17-36)25(16-31(2,3)18-37)34-28-26(10-7-11-27(28)38)35(29)30(39)21-8-5-6-9-23(21)32/h1,5-13,15,29,34,36-38H,14,16-18H2,2-3H3. The molecule has 0 saturated heterocycles. The minimum absolute atomic E-state index is 0.0147. The molecule has 1 aliphatic rings. The van der Waals surface area contributed by atoms with Crippen molar-refractivity contribution in [1.82, 2.24) is 0 Å². The molecule has 1 unspecified atom stereocenters. The molecule has 3 aromatic carbocycles. The lowest BCUT2D eigenvalue weighted by molar-refractivity contribution is 0.0974. The highest BCUT2D eigenvalue weighted by atomic mass is 19.1. The first-order valence-corrected chi connectivity index (χ1v) is 12.6. The molecule has 208 valence electrons. The molecule has 0 bridgehead atoms. The number of nitrogens with one attached hydrogen (secondary N) is 1. The zero-order chi connectivity index (χ0) is 29.0. The van der Waals surface area contributed by atoms with Gasteiger partial charge in [-0.3, -0.25) is 9.69 Å². The van der Waals surface area contributed by atoms with E-state index in [1.807, 2.05) is 0 Å². The number of para-hydroxylation sites is 1. The fourth-order valence-corrected chi connectivity index (χ4v) is 4.68. The van der Waals surface area contributed by atoms with Gasteiger partial charge < -0.3 is 25.4 Å². The quantitative estimate of drug-likeness (QED) is 0.229. The van der Waals surface area contributed by atoms with E-state index in [2.05, 4.69) is 11.2 Å². The summed E-state index contributed by atoms with van der Waals surface area (Å²) in [6, 6.07) is 12.6. The number of fused-ring (bicyclic) bond motifs is 1. The summed E-state index contributed by atoms with van der Waals surface area (Å²) in [6.07, 6.45) is 5.41. The number of halogens is 2. The van der Waals surface area contributed by atoms with Crippen LogP contribution in [0, 0.1) is 29.4 Å². The van der Waals surface area contributed by atoms with E-state index < -0.39 is 35.6 Å². The maximum Gasteiger partial charge on any atom is 0.262 e. The van der Waals surface area contributed by atoms with Crippen LogP contribution in [-0.2, 0) is 0 Å². The van der Waals surface area contributed by atoms with E-state index in [1.54, 1.807) is 13.8 Å². The number of carbonyl (C=O) groups excluding carboxylic acids is 1. The Morgan fingerprint density at radius 2 is 1.85 bits per heavy atom. The number of amides is 1. The van der Waals surface area contributed by atoms with E-state index in [4.69, 9.17) is 11.2 Å². The first-order chi connectivity index (χ1) is 19.1. The largest absolute Gasteiger partial charge is 0.506 e. The van der Waals surface area contributed by atoms with Crippen molar-refractivity contribution in [2.45, 2.75) is 26.3 Å². The van der Waals surface area contributed by atoms with Crippen LogP contribution < -0.4 is 15.0 Å². The highest BCUT2D eigenvalue weighted by molar-refractivity contribution is 6.09. The SMILES string of the molecule is C#CCOc1ccc(C2C(CO)=C(CC(C)(C)CO)Nc3c(O)cccc3N2C(=O)c2ccccc2F)c(F)c1. The van der Waals surface area contributed by atoms with E-state index >= 15 is 4.39 Å². The van der Waals surface area contributed by atoms with E-state index in [1.165, 1.54) is 48.5 Å². The van der Waals surface area contributed by atoms with E-state index in [0.29, 0.717) is 5.70 Å². The van der Waals surface area contributed by atoms with E-state index in [-0.39, 0.29) is 59.2 Å².